The first-order chi connectivity index (χ1) is 9.91. The van der Waals surface area contributed by atoms with E-state index >= 15 is 0 Å². The standard InChI is InChI=1S/C14H16N2O4S/c1-2-13-15-11-4-3-9(14(17)18)7-12(11)16(13)10-5-6-21(19,20)8-10/h3-4,7,10H,2,5-6,8H2,1H3,(H,17,18). The van der Waals surface area contributed by atoms with E-state index in [2.05, 4.69) is 4.98 Å². The molecule has 112 valence electrons. The predicted molar refractivity (Wildman–Crippen MR) is 78.4 cm³/mol. The van der Waals surface area contributed by atoms with E-state index in [4.69, 9.17) is 5.11 Å². The molecule has 0 saturated carbocycles. The van der Waals surface area contributed by atoms with E-state index in [0.29, 0.717) is 23.9 Å². The van der Waals surface area contributed by atoms with E-state index in [9.17, 15) is 13.2 Å². The number of benzene rings is 1. The highest BCUT2D eigenvalue weighted by Gasteiger charge is 2.31. The average molecular weight is 308 g/mol. The number of aromatic nitrogens is 2. The van der Waals surface area contributed by atoms with Crippen molar-refractivity contribution in [3.05, 3.63) is 29.6 Å². The van der Waals surface area contributed by atoms with Crippen LogP contribution in [0.1, 0.15) is 35.6 Å². The SMILES string of the molecule is CCc1nc2ccc(C(=O)O)cc2n1C1CCS(=O)(=O)C1. The molecule has 0 radical (unpaired) electrons. The van der Waals surface area contributed by atoms with Gasteiger partial charge in [0.2, 0.25) is 0 Å². The fraction of sp³-hybridized carbons (Fsp3) is 0.429. The highest BCUT2D eigenvalue weighted by molar-refractivity contribution is 7.91. The molecule has 0 bridgehead atoms. The van der Waals surface area contributed by atoms with Crippen molar-refractivity contribution >= 4 is 26.8 Å². The number of hydrogen-bond acceptors (Lipinski definition) is 4. The highest BCUT2D eigenvalue weighted by atomic mass is 32.2. The Kier molecular flexibility index (Phi) is 3.24. The zero-order valence-corrected chi connectivity index (χ0v) is 12.4. The van der Waals surface area contributed by atoms with E-state index in [1.165, 1.54) is 6.07 Å². The summed E-state index contributed by atoms with van der Waals surface area (Å²) in [5.74, 6) is 0.0818. The number of sulfone groups is 1. The Balaban J connectivity index is 2.19. The number of carbonyl (C=O) groups is 1. The number of carboxylic acid groups (broad SMARTS) is 1. The van der Waals surface area contributed by atoms with Gasteiger partial charge in [-0.3, -0.25) is 0 Å². The van der Waals surface area contributed by atoms with Crippen LogP contribution in [0.5, 0.6) is 0 Å². The maximum atomic E-state index is 11.7. The molecule has 0 spiro atoms. The third-order valence-electron chi connectivity index (χ3n) is 3.90. The van der Waals surface area contributed by atoms with Crippen molar-refractivity contribution in [3.63, 3.8) is 0 Å². The molecule has 1 unspecified atom stereocenters. The fourth-order valence-electron chi connectivity index (χ4n) is 2.91. The molecular weight excluding hydrogens is 292 g/mol. The molecule has 1 aromatic carbocycles. The molecular formula is C14H16N2O4S. The van der Waals surface area contributed by atoms with E-state index < -0.39 is 15.8 Å². The summed E-state index contributed by atoms with van der Waals surface area (Å²) in [6, 6.07) is 4.62. The van der Waals surface area contributed by atoms with Crippen LogP contribution in [0.4, 0.5) is 0 Å². The number of nitrogens with zero attached hydrogens (tertiary/aromatic N) is 2. The van der Waals surface area contributed by atoms with Crippen LogP contribution in [-0.2, 0) is 16.3 Å². The quantitative estimate of drug-likeness (QED) is 0.931. The Morgan fingerprint density at radius 1 is 1.48 bits per heavy atom. The summed E-state index contributed by atoms with van der Waals surface area (Å²) in [7, 11) is -3.01. The van der Waals surface area contributed by atoms with Crippen LogP contribution in [-0.4, -0.2) is 40.6 Å². The number of imidazole rings is 1. The molecule has 1 aromatic heterocycles. The zero-order valence-electron chi connectivity index (χ0n) is 11.6. The number of carboxylic acids is 1. The second kappa shape index (κ2) is 4.84. The van der Waals surface area contributed by atoms with Crippen LogP contribution in [0.2, 0.25) is 0 Å². The second-order valence-corrected chi connectivity index (χ2v) is 7.55. The molecule has 0 amide bonds. The predicted octanol–water partition coefficient (Wildman–Crippen LogP) is 1.66. The van der Waals surface area contributed by atoms with Crippen molar-refractivity contribution in [2.75, 3.05) is 11.5 Å². The molecule has 3 rings (SSSR count). The number of aromatic carboxylic acids is 1. The minimum atomic E-state index is -3.01. The first-order valence-electron chi connectivity index (χ1n) is 6.86. The number of aryl methyl sites for hydroxylation is 1. The lowest BCUT2D eigenvalue weighted by molar-refractivity contribution is 0.0697. The van der Waals surface area contributed by atoms with Crippen LogP contribution in [0.25, 0.3) is 11.0 Å². The van der Waals surface area contributed by atoms with E-state index in [0.717, 1.165) is 5.82 Å². The molecule has 2 heterocycles. The zero-order chi connectivity index (χ0) is 15.2. The summed E-state index contributed by atoms with van der Waals surface area (Å²) in [6.45, 7) is 1.96. The van der Waals surface area contributed by atoms with Crippen LogP contribution < -0.4 is 0 Å². The average Bonchev–Trinajstić information content (AvgIpc) is 2.97. The molecule has 0 aliphatic carbocycles. The maximum absolute atomic E-state index is 11.7. The minimum Gasteiger partial charge on any atom is -0.478 e. The molecule has 1 fully saturated rings. The second-order valence-electron chi connectivity index (χ2n) is 5.32. The fourth-order valence-corrected chi connectivity index (χ4v) is 4.61. The Bertz CT molecular complexity index is 823. The van der Waals surface area contributed by atoms with Crippen LogP contribution in [0.15, 0.2) is 18.2 Å². The lowest BCUT2D eigenvalue weighted by Gasteiger charge is -2.14. The van der Waals surface area contributed by atoms with Gasteiger partial charge >= 0.3 is 5.97 Å². The van der Waals surface area contributed by atoms with Gasteiger partial charge in [-0.1, -0.05) is 6.92 Å². The molecule has 1 aliphatic heterocycles. The van der Waals surface area contributed by atoms with Gasteiger partial charge in [0.05, 0.1) is 34.1 Å². The van der Waals surface area contributed by atoms with Gasteiger partial charge < -0.3 is 9.67 Å². The maximum Gasteiger partial charge on any atom is 0.335 e. The molecule has 1 atom stereocenters. The van der Waals surface area contributed by atoms with Gasteiger partial charge in [0.15, 0.2) is 9.84 Å². The van der Waals surface area contributed by atoms with Gasteiger partial charge in [-0.25, -0.2) is 18.2 Å². The highest BCUT2D eigenvalue weighted by Crippen LogP contribution is 2.30. The Labute approximate surface area is 122 Å². The largest absolute Gasteiger partial charge is 0.478 e. The van der Waals surface area contributed by atoms with Crippen molar-refractivity contribution in [3.8, 4) is 0 Å². The summed E-state index contributed by atoms with van der Waals surface area (Å²) in [4.78, 5) is 15.6. The van der Waals surface area contributed by atoms with Crippen LogP contribution in [0, 0.1) is 0 Å². The first-order valence-corrected chi connectivity index (χ1v) is 8.68. The van der Waals surface area contributed by atoms with Crippen molar-refractivity contribution in [1.29, 1.82) is 0 Å². The lowest BCUT2D eigenvalue weighted by atomic mass is 10.2. The third kappa shape index (κ3) is 2.42. The van der Waals surface area contributed by atoms with Gasteiger partial charge in [0, 0.05) is 6.42 Å². The van der Waals surface area contributed by atoms with E-state index in [1.807, 2.05) is 11.5 Å². The summed E-state index contributed by atoms with van der Waals surface area (Å²) >= 11 is 0. The molecule has 21 heavy (non-hydrogen) atoms. The smallest absolute Gasteiger partial charge is 0.335 e. The molecule has 6 nitrogen and oxygen atoms in total. The van der Waals surface area contributed by atoms with Crippen LogP contribution >= 0.6 is 0 Å². The van der Waals surface area contributed by atoms with Crippen molar-refractivity contribution in [2.45, 2.75) is 25.8 Å². The normalized spacial score (nSPS) is 20.9. The number of rotatable bonds is 3. The summed E-state index contributed by atoms with van der Waals surface area (Å²) in [5, 5.41) is 9.12. The summed E-state index contributed by atoms with van der Waals surface area (Å²) in [6.07, 6.45) is 1.23. The van der Waals surface area contributed by atoms with Crippen LogP contribution in [0.3, 0.4) is 0 Å². The topological polar surface area (TPSA) is 89.3 Å². The summed E-state index contributed by atoms with van der Waals surface area (Å²) in [5.41, 5.74) is 1.60. The van der Waals surface area contributed by atoms with Crippen molar-refractivity contribution < 1.29 is 18.3 Å². The van der Waals surface area contributed by atoms with Gasteiger partial charge in [0.25, 0.3) is 0 Å². The van der Waals surface area contributed by atoms with Gasteiger partial charge in [0.1, 0.15) is 5.82 Å². The van der Waals surface area contributed by atoms with Crippen molar-refractivity contribution in [2.24, 2.45) is 0 Å². The molecule has 1 saturated heterocycles. The van der Waals surface area contributed by atoms with Crippen molar-refractivity contribution in [1.82, 2.24) is 9.55 Å². The minimum absolute atomic E-state index is 0.1000. The summed E-state index contributed by atoms with van der Waals surface area (Å²) < 4.78 is 25.3. The lowest BCUT2D eigenvalue weighted by Crippen LogP contribution is -2.13. The number of hydrogen-bond donors (Lipinski definition) is 1. The molecule has 1 N–H and O–H groups in total. The molecule has 1 aliphatic rings. The first kappa shape index (κ1) is 14.1. The Morgan fingerprint density at radius 2 is 2.24 bits per heavy atom. The molecule has 2 aromatic rings. The Morgan fingerprint density at radius 3 is 2.81 bits per heavy atom. The van der Waals surface area contributed by atoms with E-state index in [1.54, 1.807) is 12.1 Å². The van der Waals surface area contributed by atoms with Gasteiger partial charge in [-0.15, -0.1) is 0 Å². The van der Waals surface area contributed by atoms with Gasteiger partial charge in [-0.05, 0) is 24.6 Å². The van der Waals surface area contributed by atoms with E-state index in [-0.39, 0.29) is 23.1 Å². The monoisotopic (exact) mass is 308 g/mol. The third-order valence-corrected chi connectivity index (χ3v) is 5.65. The van der Waals surface area contributed by atoms with Gasteiger partial charge in [-0.2, -0.15) is 0 Å². The number of fused-ring (bicyclic) bond motifs is 1. The Hall–Kier alpha value is -1.89. The molecule has 7 heteroatoms.